The maximum Gasteiger partial charge on any atom is 0.251 e. The number of morpholine rings is 1. The summed E-state index contributed by atoms with van der Waals surface area (Å²) in [4.78, 5) is 15.5. The van der Waals surface area contributed by atoms with Crippen LogP contribution in [0.1, 0.15) is 19.8 Å². The zero-order chi connectivity index (χ0) is 24.6. The number of hydrogen-bond donors (Lipinski definition) is 0. The molecule has 2 unspecified atom stereocenters. The molecule has 0 N–H and O–H groups in total. The molecule has 0 saturated carbocycles. The zero-order valence-electron chi connectivity index (χ0n) is 19.9. The van der Waals surface area contributed by atoms with Crippen LogP contribution in [0.3, 0.4) is 0 Å². The Balaban J connectivity index is 1.41. The quantitative estimate of drug-likeness (QED) is 0.410. The summed E-state index contributed by atoms with van der Waals surface area (Å²) in [5.41, 5.74) is 2.04. The lowest BCUT2D eigenvalue weighted by molar-refractivity contribution is 0.0305. The van der Waals surface area contributed by atoms with Crippen LogP contribution < -0.4 is 15.1 Å². The summed E-state index contributed by atoms with van der Waals surface area (Å²) in [7, 11) is 0. The minimum Gasteiger partial charge on any atom is -0.488 e. The summed E-state index contributed by atoms with van der Waals surface area (Å²) in [6.07, 6.45) is 5.55. The van der Waals surface area contributed by atoms with Gasteiger partial charge in [-0.2, -0.15) is 10.2 Å². The summed E-state index contributed by atoms with van der Waals surface area (Å²) >= 11 is 0. The number of nitrogens with zero attached hydrogens (tertiary/aromatic N) is 5. The van der Waals surface area contributed by atoms with Crippen LogP contribution in [0.2, 0.25) is 0 Å². The van der Waals surface area contributed by atoms with Gasteiger partial charge in [0.25, 0.3) is 5.43 Å². The molecule has 0 amide bonds. The minimum absolute atomic E-state index is 0.0940. The van der Waals surface area contributed by atoms with E-state index in [2.05, 4.69) is 15.1 Å². The number of hydrogen-bond acceptors (Lipinski definition) is 6. The molecule has 6 rings (SSSR count). The fourth-order valence-electron chi connectivity index (χ4n) is 4.98. The molecule has 4 aromatic rings. The maximum atomic E-state index is 15.5. The fourth-order valence-corrected chi connectivity index (χ4v) is 4.98. The van der Waals surface area contributed by atoms with Gasteiger partial charge in [-0.15, -0.1) is 0 Å². The van der Waals surface area contributed by atoms with E-state index in [0.29, 0.717) is 5.69 Å². The molecule has 0 radical (unpaired) electrons. The van der Waals surface area contributed by atoms with Gasteiger partial charge in [0.1, 0.15) is 5.69 Å². The number of fused-ring (bicyclic) bond motifs is 2. The second kappa shape index (κ2) is 9.23. The summed E-state index contributed by atoms with van der Waals surface area (Å²) in [6.45, 7) is 3.60. The molecule has 2 bridgehead atoms. The number of ether oxygens (including phenoxy) is 2. The van der Waals surface area contributed by atoms with Crippen molar-refractivity contribution < 1.29 is 13.9 Å². The first-order valence-electron chi connectivity index (χ1n) is 12.2. The number of para-hydroxylation sites is 1. The van der Waals surface area contributed by atoms with Crippen LogP contribution in [0.25, 0.3) is 22.8 Å². The molecule has 2 aliphatic heterocycles. The van der Waals surface area contributed by atoms with Crippen molar-refractivity contribution in [2.45, 2.75) is 32.0 Å². The highest BCUT2D eigenvalue weighted by atomic mass is 19.1. The van der Waals surface area contributed by atoms with E-state index in [1.807, 2.05) is 36.4 Å². The van der Waals surface area contributed by atoms with Crippen molar-refractivity contribution in [3.8, 4) is 28.5 Å². The molecule has 2 aliphatic rings. The largest absolute Gasteiger partial charge is 0.488 e. The molecule has 2 fully saturated rings. The van der Waals surface area contributed by atoms with Crippen molar-refractivity contribution in [1.29, 1.82) is 0 Å². The second-order valence-electron chi connectivity index (χ2n) is 9.01. The van der Waals surface area contributed by atoms with Gasteiger partial charge in [-0.3, -0.25) is 4.79 Å². The van der Waals surface area contributed by atoms with E-state index in [4.69, 9.17) is 9.47 Å². The van der Waals surface area contributed by atoms with Crippen molar-refractivity contribution >= 4 is 5.69 Å². The Hall–Kier alpha value is -3.98. The van der Waals surface area contributed by atoms with Gasteiger partial charge in [0, 0.05) is 18.8 Å². The Bertz CT molecular complexity index is 1440. The summed E-state index contributed by atoms with van der Waals surface area (Å²) in [5, 5.41) is 8.92. The molecule has 184 valence electrons. The summed E-state index contributed by atoms with van der Waals surface area (Å²) < 4.78 is 30.0. The Labute approximate surface area is 207 Å². The monoisotopic (exact) mass is 487 g/mol. The fraction of sp³-hybridized carbons (Fsp3) is 0.296. The Morgan fingerprint density at radius 3 is 2.56 bits per heavy atom. The summed E-state index contributed by atoms with van der Waals surface area (Å²) in [6, 6.07) is 16.3. The third kappa shape index (κ3) is 4.05. The van der Waals surface area contributed by atoms with Crippen LogP contribution in [-0.2, 0) is 4.74 Å². The summed E-state index contributed by atoms with van der Waals surface area (Å²) in [5.74, 6) is -0.344. The third-order valence-electron chi connectivity index (χ3n) is 6.66. The topological polar surface area (TPSA) is 74.4 Å². The average molecular weight is 488 g/mol. The number of rotatable bonds is 6. The van der Waals surface area contributed by atoms with Crippen LogP contribution in [0.5, 0.6) is 5.75 Å². The van der Waals surface area contributed by atoms with Crippen molar-refractivity contribution in [3.63, 3.8) is 0 Å². The van der Waals surface area contributed by atoms with Crippen LogP contribution in [-0.4, -0.2) is 51.5 Å². The van der Waals surface area contributed by atoms with Gasteiger partial charge in [0.15, 0.2) is 17.3 Å². The first kappa shape index (κ1) is 22.5. The van der Waals surface area contributed by atoms with Crippen LogP contribution >= 0.6 is 0 Å². The molecule has 4 heterocycles. The van der Waals surface area contributed by atoms with Gasteiger partial charge < -0.3 is 14.4 Å². The van der Waals surface area contributed by atoms with Gasteiger partial charge in [0.2, 0.25) is 0 Å². The molecule has 2 saturated heterocycles. The van der Waals surface area contributed by atoms with Crippen LogP contribution in [0, 0.1) is 5.82 Å². The van der Waals surface area contributed by atoms with Crippen LogP contribution in [0.4, 0.5) is 10.1 Å². The Kier molecular flexibility index (Phi) is 5.77. The maximum absolute atomic E-state index is 15.5. The van der Waals surface area contributed by atoms with Crippen molar-refractivity contribution in [3.05, 3.63) is 83.0 Å². The molecule has 9 heteroatoms. The lowest BCUT2D eigenvalue weighted by atomic mass is 10.2. The van der Waals surface area contributed by atoms with E-state index >= 15 is 4.39 Å². The molecule has 0 aliphatic carbocycles. The molecule has 8 nitrogen and oxygen atoms in total. The van der Waals surface area contributed by atoms with E-state index in [-0.39, 0.29) is 41.4 Å². The molecule has 36 heavy (non-hydrogen) atoms. The zero-order valence-corrected chi connectivity index (χ0v) is 19.9. The first-order valence-corrected chi connectivity index (χ1v) is 12.2. The second-order valence-corrected chi connectivity index (χ2v) is 9.01. The Morgan fingerprint density at radius 1 is 1.06 bits per heavy atom. The van der Waals surface area contributed by atoms with Gasteiger partial charge in [0.05, 0.1) is 42.6 Å². The molecule has 2 aromatic heterocycles. The highest BCUT2D eigenvalue weighted by Crippen LogP contribution is 2.31. The lowest BCUT2D eigenvalue weighted by Gasteiger charge is -2.34. The van der Waals surface area contributed by atoms with Gasteiger partial charge in [-0.05, 0) is 56.2 Å². The third-order valence-corrected chi connectivity index (χ3v) is 6.66. The van der Waals surface area contributed by atoms with Crippen LogP contribution in [0.15, 0.2) is 71.8 Å². The number of aromatic nitrogens is 4. The van der Waals surface area contributed by atoms with E-state index in [1.165, 1.54) is 16.9 Å². The van der Waals surface area contributed by atoms with Gasteiger partial charge in [-0.25, -0.2) is 13.8 Å². The predicted octanol–water partition coefficient (Wildman–Crippen LogP) is 3.99. The van der Waals surface area contributed by atoms with Gasteiger partial charge in [-0.1, -0.05) is 18.2 Å². The van der Waals surface area contributed by atoms with Crippen molar-refractivity contribution in [1.82, 2.24) is 19.6 Å². The Morgan fingerprint density at radius 2 is 1.83 bits per heavy atom. The number of halogens is 1. The molecule has 0 spiro atoms. The SMILES string of the molecule is CCOc1cn(-c2ccc(N3CC4CCC(C3)O4)cc2F)nc(-c2ccnn2-c2ccccc2)c1=O. The molecule has 2 aromatic carbocycles. The van der Waals surface area contributed by atoms with E-state index in [1.54, 1.807) is 29.9 Å². The van der Waals surface area contributed by atoms with Crippen molar-refractivity contribution in [2.24, 2.45) is 0 Å². The van der Waals surface area contributed by atoms with E-state index < -0.39 is 5.82 Å². The highest BCUT2D eigenvalue weighted by Gasteiger charge is 2.34. The predicted molar refractivity (Wildman–Crippen MR) is 134 cm³/mol. The highest BCUT2D eigenvalue weighted by molar-refractivity contribution is 5.60. The lowest BCUT2D eigenvalue weighted by Crippen LogP contribution is -2.42. The first-order chi connectivity index (χ1) is 17.6. The van der Waals surface area contributed by atoms with Crippen molar-refractivity contribution in [2.75, 3.05) is 24.6 Å². The van der Waals surface area contributed by atoms with Gasteiger partial charge >= 0.3 is 0 Å². The molecule has 2 atom stereocenters. The molecular formula is C27H26FN5O3. The molecular weight excluding hydrogens is 461 g/mol. The van der Waals surface area contributed by atoms with E-state index in [0.717, 1.165) is 37.3 Å². The smallest absolute Gasteiger partial charge is 0.251 e. The van der Waals surface area contributed by atoms with E-state index in [9.17, 15) is 4.79 Å². The number of benzene rings is 2. The standard InChI is InChI=1S/C27H26FN5O3/c1-2-35-25-17-32(23-11-8-19(14-22(23)28)31-15-20-9-10-21(16-31)36-20)30-26(27(25)34)24-12-13-29-33(24)18-6-4-3-5-7-18/h3-8,11-14,17,20-21H,2,9-10,15-16H2,1H3. The average Bonchev–Trinajstić information content (AvgIpc) is 3.52. The minimum atomic E-state index is -0.438. The normalized spacial score (nSPS) is 19.0. The number of anilines is 1.